The van der Waals surface area contributed by atoms with Crippen molar-refractivity contribution in [1.82, 2.24) is 15.0 Å². The van der Waals surface area contributed by atoms with Crippen molar-refractivity contribution < 1.29 is 23.2 Å². The first-order valence-electron chi connectivity index (χ1n) is 9.61. The molecule has 1 N–H and O–H groups in total. The first kappa shape index (κ1) is 20.8. The lowest BCUT2D eigenvalue weighted by Crippen LogP contribution is -2.50. The number of ether oxygens (including phenoxy) is 1. The molecule has 1 aliphatic rings. The highest BCUT2D eigenvalue weighted by atomic mass is 19.1. The first-order chi connectivity index (χ1) is 14.0. The molecule has 2 amide bonds. The van der Waals surface area contributed by atoms with E-state index in [4.69, 9.17) is 9.26 Å². The van der Waals surface area contributed by atoms with E-state index in [0.29, 0.717) is 63.0 Å². The maximum atomic E-state index is 13.1. The van der Waals surface area contributed by atoms with Crippen LogP contribution in [0, 0.1) is 12.7 Å². The van der Waals surface area contributed by atoms with Crippen molar-refractivity contribution in [2.75, 3.05) is 44.6 Å². The highest BCUT2D eigenvalue weighted by Crippen LogP contribution is 2.13. The number of piperazine rings is 1. The highest BCUT2D eigenvalue weighted by Gasteiger charge is 2.22. The van der Waals surface area contributed by atoms with Crippen LogP contribution in [0.4, 0.5) is 10.2 Å². The van der Waals surface area contributed by atoms with Crippen LogP contribution in [0.3, 0.4) is 0 Å². The van der Waals surface area contributed by atoms with E-state index in [2.05, 4.69) is 10.5 Å². The van der Waals surface area contributed by atoms with Gasteiger partial charge in [0.1, 0.15) is 17.3 Å². The van der Waals surface area contributed by atoms with Gasteiger partial charge in [-0.05, 0) is 25.5 Å². The number of carbonyl (C=O) groups is 2. The molecular weight excluding hydrogens is 379 g/mol. The second kappa shape index (κ2) is 10.0. The molecule has 0 aliphatic carbocycles. The Bertz CT molecular complexity index is 833. The average Bonchev–Trinajstić information content (AvgIpc) is 3.10. The van der Waals surface area contributed by atoms with Crippen LogP contribution in [0.15, 0.2) is 34.9 Å². The van der Waals surface area contributed by atoms with Crippen LogP contribution in [-0.2, 0) is 9.59 Å². The Morgan fingerprint density at radius 2 is 2.03 bits per heavy atom. The summed E-state index contributed by atoms with van der Waals surface area (Å²) in [5, 5.41) is 6.43. The number of benzene rings is 1. The van der Waals surface area contributed by atoms with Gasteiger partial charge in [0.25, 0.3) is 0 Å². The van der Waals surface area contributed by atoms with E-state index in [1.807, 2.05) is 4.90 Å². The Labute approximate surface area is 168 Å². The number of hydrogen-bond donors (Lipinski definition) is 1. The Balaban J connectivity index is 1.31. The van der Waals surface area contributed by atoms with E-state index >= 15 is 0 Å². The monoisotopic (exact) mass is 404 g/mol. The molecule has 0 saturated carbocycles. The number of aromatic nitrogens is 1. The fourth-order valence-electron chi connectivity index (χ4n) is 3.09. The van der Waals surface area contributed by atoms with Crippen molar-refractivity contribution in [2.45, 2.75) is 19.8 Å². The van der Waals surface area contributed by atoms with E-state index < -0.39 is 0 Å². The molecule has 1 aromatic carbocycles. The van der Waals surface area contributed by atoms with Crippen LogP contribution >= 0.6 is 0 Å². The van der Waals surface area contributed by atoms with Gasteiger partial charge in [-0.2, -0.15) is 0 Å². The minimum Gasteiger partial charge on any atom is -0.493 e. The molecule has 1 aliphatic heterocycles. The second-order valence-electron chi connectivity index (χ2n) is 6.94. The van der Waals surface area contributed by atoms with Gasteiger partial charge in [0.15, 0.2) is 5.82 Å². The predicted molar refractivity (Wildman–Crippen MR) is 104 cm³/mol. The standard InChI is InChI=1S/C20H25FN4O4/c1-15-12-18(23-29-15)22-19(26)14-24-7-9-25(10-8-24)20(27)6-3-11-28-17-5-2-4-16(21)13-17/h2,4-5,12-13H,3,6-11,14H2,1H3,(H,22,23,26). The quantitative estimate of drug-likeness (QED) is 0.678. The molecule has 1 fully saturated rings. The van der Waals surface area contributed by atoms with Crippen LogP contribution in [0.1, 0.15) is 18.6 Å². The zero-order valence-corrected chi connectivity index (χ0v) is 16.4. The van der Waals surface area contributed by atoms with E-state index in [1.54, 1.807) is 30.0 Å². The second-order valence-corrected chi connectivity index (χ2v) is 6.94. The van der Waals surface area contributed by atoms with Gasteiger partial charge in [0.05, 0.1) is 13.2 Å². The summed E-state index contributed by atoms with van der Waals surface area (Å²) in [4.78, 5) is 28.2. The van der Waals surface area contributed by atoms with Crippen LogP contribution in [0.2, 0.25) is 0 Å². The van der Waals surface area contributed by atoms with E-state index in [9.17, 15) is 14.0 Å². The number of carbonyl (C=O) groups excluding carboxylic acids is 2. The van der Waals surface area contributed by atoms with Crippen molar-refractivity contribution in [2.24, 2.45) is 0 Å². The van der Waals surface area contributed by atoms with Gasteiger partial charge in [0, 0.05) is 44.7 Å². The number of hydrogen-bond acceptors (Lipinski definition) is 6. The van der Waals surface area contributed by atoms with Gasteiger partial charge in [0.2, 0.25) is 11.8 Å². The molecule has 29 heavy (non-hydrogen) atoms. The summed E-state index contributed by atoms with van der Waals surface area (Å²) in [6.07, 6.45) is 0.941. The third-order valence-corrected chi connectivity index (χ3v) is 4.59. The predicted octanol–water partition coefficient (Wildman–Crippen LogP) is 2.06. The number of nitrogens with zero attached hydrogens (tertiary/aromatic N) is 3. The number of halogens is 1. The minimum atomic E-state index is -0.346. The molecule has 0 bridgehead atoms. The third-order valence-electron chi connectivity index (χ3n) is 4.59. The SMILES string of the molecule is Cc1cc(NC(=O)CN2CCN(C(=O)CCCOc3cccc(F)c3)CC2)no1. The molecule has 0 atom stereocenters. The molecule has 0 radical (unpaired) electrons. The summed E-state index contributed by atoms with van der Waals surface area (Å²) < 4.78 is 23.5. The number of amides is 2. The maximum Gasteiger partial charge on any atom is 0.239 e. The van der Waals surface area contributed by atoms with Gasteiger partial charge >= 0.3 is 0 Å². The Morgan fingerprint density at radius 3 is 2.72 bits per heavy atom. The first-order valence-corrected chi connectivity index (χ1v) is 9.61. The molecule has 3 rings (SSSR count). The topological polar surface area (TPSA) is 87.9 Å². The highest BCUT2D eigenvalue weighted by molar-refractivity contribution is 5.91. The summed E-state index contributed by atoms with van der Waals surface area (Å²) in [7, 11) is 0. The lowest BCUT2D eigenvalue weighted by atomic mass is 10.2. The minimum absolute atomic E-state index is 0.0648. The largest absolute Gasteiger partial charge is 0.493 e. The van der Waals surface area contributed by atoms with Crippen LogP contribution in [-0.4, -0.2) is 66.1 Å². The average molecular weight is 404 g/mol. The molecular formula is C20H25FN4O4. The lowest BCUT2D eigenvalue weighted by molar-refractivity contribution is -0.133. The molecule has 156 valence electrons. The number of rotatable bonds is 8. The fraction of sp³-hybridized carbons (Fsp3) is 0.450. The molecule has 0 unspecified atom stereocenters. The van der Waals surface area contributed by atoms with E-state index in [1.165, 1.54) is 12.1 Å². The van der Waals surface area contributed by atoms with Crippen molar-refractivity contribution in [3.63, 3.8) is 0 Å². The number of nitrogens with one attached hydrogen (secondary N) is 1. The summed E-state index contributed by atoms with van der Waals surface area (Å²) in [6, 6.07) is 7.61. The van der Waals surface area contributed by atoms with Crippen molar-refractivity contribution in [3.8, 4) is 5.75 Å². The van der Waals surface area contributed by atoms with E-state index in [-0.39, 0.29) is 24.2 Å². The van der Waals surface area contributed by atoms with Crippen LogP contribution < -0.4 is 10.1 Å². The zero-order valence-electron chi connectivity index (χ0n) is 16.4. The Morgan fingerprint density at radius 1 is 1.24 bits per heavy atom. The fourth-order valence-corrected chi connectivity index (χ4v) is 3.09. The van der Waals surface area contributed by atoms with Crippen molar-refractivity contribution in [1.29, 1.82) is 0 Å². The third kappa shape index (κ3) is 6.56. The van der Waals surface area contributed by atoms with E-state index in [0.717, 1.165) is 0 Å². The van der Waals surface area contributed by atoms with Crippen molar-refractivity contribution >= 4 is 17.6 Å². The lowest BCUT2D eigenvalue weighted by Gasteiger charge is -2.34. The van der Waals surface area contributed by atoms with Crippen molar-refractivity contribution in [3.05, 3.63) is 41.9 Å². The summed E-state index contributed by atoms with van der Waals surface area (Å²) in [5.74, 6) is 1.06. The molecule has 1 aromatic heterocycles. The van der Waals surface area contributed by atoms with Gasteiger partial charge in [-0.3, -0.25) is 14.5 Å². The smallest absolute Gasteiger partial charge is 0.239 e. The van der Waals surface area contributed by atoms with Gasteiger partial charge < -0.3 is 19.5 Å². The molecule has 1 saturated heterocycles. The molecule has 9 heteroatoms. The van der Waals surface area contributed by atoms with Gasteiger partial charge in [-0.1, -0.05) is 11.2 Å². The Kier molecular flexibility index (Phi) is 7.18. The molecule has 2 heterocycles. The molecule has 0 spiro atoms. The van der Waals surface area contributed by atoms with Gasteiger partial charge in [-0.15, -0.1) is 0 Å². The normalized spacial score (nSPS) is 14.6. The summed E-state index contributed by atoms with van der Waals surface area (Å²) in [5.41, 5.74) is 0. The maximum absolute atomic E-state index is 13.1. The van der Waals surface area contributed by atoms with Gasteiger partial charge in [-0.25, -0.2) is 4.39 Å². The summed E-state index contributed by atoms with van der Waals surface area (Å²) in [6.45, 7) is 4.80. The van der Waals surface area contributed by atoms with Crippen LogP contribution in [0.5, 0.6) is 5.75 Å². The number of anilines is 1. The van der Waals surface area contributed by atoms with Crippen LogP contribution in [0.25, 0.3) is 0 Å². The molecule has 2 aromatic rings. The summed E-state index contributed by atoms with van der Waals surface area (Å²) >= 11 is 0. The Hall–Kier alpha value is -2.94. The molecule has 8 nitrogen and oxygen atoms in total. The zero-order chi connectivity index (χ0) is 20.6. The number of aryl methyl sites for hydroxylation is 1.